The zero-order valence-corrected chi connectivity index (χ0v) is 14.5. The number of piperazine rings is 1. The van der Waals surface area contributed by atoms with Crippen LogP contribution in [0, 0.1) is 6.92 Å². The Morgan fingerprint density at radius 1 is 1.50 bits per heavy atom. The van der Waals surface area contributed by atoms with Crippen LogP contribution >= 0.6 is 11.3 Å². The fraction of sp³-hybridized carbons (Fsp3) is 0.688. The van der Waals surface area contributed by atoms with Crippen molar-refractivity contribution in [2.75, 3.05) is 32.7 Å². The number of hydrogen-bond acceptors (Lipinski definition) is 5. The van der Waals surface area contributed by atoms with Crippen molar-refractivity contribution in [1.82, 2.24) is 15.1 Å². The quantitative estimate of drug-likeness (QED) is 0.821. The molecule has 2 N–H and O–H groups in total. The van der Waals surface area contributed by atoms with Gasteiger partial charge in [-0.2, -0.15) is 0 Å². The summed E-state index contributed by atoms with van der Waals surface area (Å²) in [6, 6.07) is 4.52. The molecular weight excluding hydrogens is 298 g/mol. The zero-order chi connectivity index (χ0) is 16.1. The van der Waals surface area contributed by atoms with Crippen LogP contribution in [0.15, 0.2) is 12.1 Å². The summed E-state index contributed by atoms with van der Waals surface area (Å²) < 4.78 is 0. The first-order chi connectivity index (χ1) is 10.4. The number of rotatable bonds is 6. The van der Waals surface area contributed by atoms with Crippen LogP contribution in [0.1, 0.15) is 23.6 Å². The van der Waals surface area contributed by atoms with E-state index in [-0.39, 0.29) is 12.0 Å². The van der Waals surface area contributed by atoms with Crippen LogP contribution in [0.25, 0.3) is 0 Å². The number of β-amino-alcohol motifs (C(OH)–C–C–N with tert-alkyl or cyclic N) is 1. The molecule has 1 fully saturated rings. The number of hydrogen-bond donors (Lipinski definition) is 2. The average molecular weight is 325 g/mol. The highest BCUT2D eigenvalue weighted by molar-refractivity contribution is 7.11. The third-order valence-corrected chi connectivity index (χ3v) is 4.97. The Labute approximate surface area is 136 Å². The van der Waals surface area contributed by atoms with E-state index >= 15 is 0 Å². The molecule has 22 heavy (non-hydrogen) atoms. The van der Waals surface area contributed by atoms with Gasteiger partial charge in [-0.05, 0) is 32.9 Å². The second-order valence-electron chi connectivity index (χ2n) is 6.22. The van der Waals surface area contributed by atoms with Crippen molar-refractivity contribution in [1.29, 1.82) is 0 Å². The van der Waals surface area contributed by atoms with Crippen molar-refractivity contribution < 1.29 is 9.90 Å². The van der Waals surface area contributed by atoms with Gasteiger partial charge in [0.15, 0.2) is 0 Å². The Bertz CT molecular complexity index is 489. The Balaban J connectivity index is 1.71. The molecule has 2 heterocycles. The van der Waals surface area contributed by atoms with Gasteiger partial charge in [-0.25, -0.2) is 0 Å². The minimum absolute atomic E-state index is 0.0854. The summed E-state index contributed by atoms with van der Waals surface area (Å²) in [5.74, 6) is 0.0854. The maximum absolute atomic E-state index is 12.1. The summed E-state index contributed by atoms with van der Waals surface area (Å²) in [7, 11) is 0. The maximum atomic E-state index is 12.1. The van der Waals surface area contributed by atoms with Crippen molar-refractivity contribution in [2.45, 2.75) is 39.5 Å². The van der Waals surface area contributed by atoms with E-state index in [9.17, 15) is 9.90 Å². The monoisotopic (exact) mass is 325 g/mol. The number of aryl methyl sites for hydroxylation is 1. The SMILES string of the molecule is Cc1ccc(CNC(=O)CN2CCN(C[C@H](C)O)[C@H](C)C2)s1. The predicted octanol–water partition coefficient (Wildman–Crippen LogP) is 1.06. The maximum Gasteiger partial charge on any atom is 0.234 e. The highest BCUT2D eigenvalue weighted by Gasteiger charge is 2.25. The van der Waals surface area contributed by atoms with Gasteiger partial charge in [0.2, 0.25) is 5.91 Å². The third kappa shape index (κ3) is 5.35. The molecule has 1 saturated heterocycles. The molecule has 0 radical (unpaired) electrons. The Kier molecular flexibility index (Phi) is 6.37. The summed E-state index contributed by atoms with van der Waals surface area (Å²) in [5, 5.41) is 12.5. The Hall–Kier alpha value is -0.950. The first-order valence-electron chi connectivity index (χ1n) is 7.90. The number of aliphatic hydroxyl groups excluding tert-OH is 1. The fourth-order valence-electron chi connectivity index (χ4n) is 2.85. The summed E-state index contributed by atoms with van der Waals surface area (Å²) in [6.07, 6.45) is -0.299. The summed E-state index contributed by atoms with van der Waals surface area (Å²) in [6.45, 7) is 10.5. The highest BCUT2D eigenvalue weighted by Crippen LogP contribution is 2.14. The van der Waals surface area contributed by atoms with Gasteiger partial charge in [-0.1, -0.05) is 0 Å². The van der Waals surface area contributed by atoms with Gasteiger partial charge in [-0.15, -0.1) is 11.3 Å². The molecule has 1 aliphatic rings. The zero-order valence-electron chi connectivity index (χ0n) is 13.7. The minimum atomic E-state index is -0.299. The van der Waals surface area contributed by atoms with Crippen LogP contribution in [0.2, 0.25) is 0 Å². The number of thiophene rings is 1. The molecule has 0 aliphatic carbocycles. The predicted molar refractivity (Wildman–Crippen MR) is 90.1 cm³/mol. The van der Waals surface area contributed by atoms with E-state index in [1.54, 1.807) is 11.3 Å². The minimum Gasteiger partial charge on any atom is -0.392 e. The van der Waals surface area contributed by atoms with E-state index in [2.05, 4.69) is 41.1 Å². The molecule has 2 rings (SSSR count). The standard InChI is InChI=1S/C16H27N3O2S/c1-12-9-18(6-7-19(12)10-13(2)20)11-16(21)17-8-15-5-4-14(3)22-15/h4-5,12-13,20H,6-11H2,1-3H3,(H,17,21)/t12-,13+/m1/s1. The van der Waals surface area contributed by atoms with Crippen molar-refractivity contribution in [3.8, 4) is 0 Å². The van der Waals surface area contributed by atoms with E-state index in [1.807, 2.05) is 6.92 Å². The van der Waals surface area contributed by atoms with Crippen LogP contribution in [0.3, 0.4) is 0 Å². The molecule has 1 aromatic rings. The van der Waals surface area contributed by atoms with Gasteiger partial charge < -0.3 is 10.4 Å². The summed E-state index contributed by atoms with van der Waals surface area (Å²) in [4.78, 5) is 19.0. The second kappa shape index (κ2) is 8.06. The van der Waals surface area contributed by atoms with E-state index in [0.717, 1.165) is 19.6 Å². The van der Waals surface area contributed by atoms with Gasteiger partial charge in [-0.3, -0.25) is 14.6 Å². The van der Waals surface area contributed by atoms with Crippen LogP contribution < -0.4 is 5.32 Å². The fourth-order valence-corrected chi connectivity index (χ4v) is 3.68. The van der Waals surface area contributed by atoms with E-state index in [0.29, 0.717) is 25.7 Å². The number of nitrogens with one attached hydrogen (secondary N) is 1. The van der Waals surface area contributed by atoms with Gasteiger partial charge in [0.1, 0.15) is 0 Å². The Morgan fingerprint density at radius 3 is 2.86 bits per heavy atom. The molecule has 1 amide bonds. The second-order valence-corrected chi connectivity index (χ2v) is 7.59. The number of aliphatic hydroxyl groups is 1. The lowest BCUT2D eigenvalue weighted by Gasteiger charge is -2.40. The van der Waals surface area contributed by atoms with Crippen molar-refractivity contribution >= 4 is 17.2 Å². The van der Waals surface area contributed by atoms with E-state index in [1.165, 1.54) is 9.75 Å². The third-order valence-electron chi connectivity index (χ3n) is 3.97. The van der Waals surface area contributed by atoms with Gasteiger partial charge in [0.25, 0.3) is 0 Å². The van der Waals surface area contributed by atoms with Crippen molar-refractivity contribution in [3.05, 3.63) is 21.9 Å². The first kappa shape index (κ1) is 17.4. The highest BCUT2D eigenvalue weighted by atomic mass is 32.1. The molecule has 2 atom stereocenters. The lowest BCUT2D eigenvalue weighted by Crippen LogP contribution is -2.55. The molecule has 6 heteroatoms. The molecule has 0 bridgehead atoms. The molecule has 124 valence electrons. The first-order valence-corrected chi connectivity index (χ1v) is 8.72. The number of amides is 1. The normalized spacial score (nSPS) is 21.7. The van der Waals surface area contributed by atoms with Gasteiger partial charge in [0, 0.05) is 42.0 Å². The number of nitrogens with zero attached hydrogens (tertiary/aromatic N) is 2. The van der Waals surface area contributed by atoms with Crippen molar-refractivity contribution in [2.24, 2.45) is 0 Å². The number of carbonyl (C=O) groups is 1. The molecule has 1 aliphatic heterocycles. The largest absolute Gasteiger partial charge is 0.392 e. The lowest BCUT2D eigenvalue weighted by atomic mass is 10.1. The van der Waals surface area contributed by atoms with Gasteiger partial charge >= 0.3 is 0 Å². The molecule has 1 aromatic heterocycles. The van der Waals surface area contributed by atoms with Crippen LogP contribution in [-0.2, 0) is 11.3 Å². The molecular formula is C16H27N3O2S. The molecule has 0 aromatic carbocycles. The van der Waals surface area contributed by atoms with Gasteiger partial charge in [0.05, 0.1) is 19.2 Å². The number of carbonyl (C=O) groups excluding carboxylic acids is 1. The molecule has 0 saturated carbocycles. The molecule has 0 unspecified atom stereocenters. The van der Waals surface area contributed by atoms with Crippen LogP contribution in [0.4, 0.5) is 0 Å². The van der Waals surface area contributed by atoms with Crippen LogP contribution in [0.5, 0.6) is 0 Å². The molecule has 0 spiro atoms. The topological polar surface area (TPSA) is 55.8 Å². The smallest absolute Gasteiger partial charge is 0.234 e. The Morgan fingerprint density at radius 2 is 2.27 bits per heavy atom. The van der Waals surface area contributed by atoms with Crippen LogP contribution in [-0.4, -0.2) is 65.7 Å². The lowest BCUT2D eigenvalue weighted by molar-refractivity contribution is -0.123. The summed E-state index contributed by atoms with van der Waals surface area (Å²) >= 11 is 1.72. The van der Waals surface area contributed by atoms with E-state index < -0.39 is 0 Å². The molecule has 5 nitrogen and oxygen atoms in total. The average Bonchev–Trinajstić information content (AvgIpc) is 2.85. The van der Waals surface area contributed by atoms with Crippen molar-refractivity contribution in [3.63, 3.8) is 0 Å². The van der Waals surface area contributed by atoms with E-state index in [4.69, 9.17) is 0 Å². The summed E-state index contributed by atoms with van der Waals surface area (Å²) in [5.41, 5.74) is 0.